The molecule has 8 heteroatoms. The summed E-state index contributed by atoms with van der Waals surface area (Å²) in [5.41, 5.74) is 4.33. The van der Waals surface area contributed by atoms with E-state index < -0.39 is 0 Å². The number of carbonyl (C=O) groups is 1. The maximum absolute atomic E-state index is 13.7. The molecule has 3 N–H and O–H groups in total. The van der Waals surface area contributed by atoms with Crippen molar-refractivity contribution >= 4 is 28.7 Å². The van der Waals surface area contributed by atoms with E-state index in [0.29, 0.717) is 18.9 Å². The number of hydrogen-bond donors (Lipinski definition) is 3. The molecule has 174 valence electrons. The SMILES string of the molecule is Cc1cc(C)nc(NC(=NCCc2c[nH]c3ccc(F)cc23)NC(=O)[C@H](C)c2ccccc2)n1. The van der Waals surface area contributed by atoms with E-state index in [0.717, 1.165) is 33.4 Å². The van der Waals surface area contributed by atoms with Crippen LogP contribution >= 0.6 is 0 Å². The van der Waals surface area contributed by atoms with Crippen molar-refractivity contribution in [1.82, 2.24) is 20.3 Å². The number of anilines is 1. The first-order valence-corrected chi connectivity index (χ1v) is 11.1. The number of halogens is 1. The van der Waals surface area contributed by atoms with Gasteiger partial charge in [0.15, 0.2) is 0 Å². The number of benzene rings is 2. The zero-order valence-corrected chi connectivity index (χ0v) is 19.4. The molecular weight excluding hydrogens is 431 g/mol. The van der Waals surface area contributed by atoms with Crippen molar-refractivity contribution in [2.45, 2.75) is 33.1 Å². The van der Waals surface area contributed by atoms with Crippen molar-refractivity contribution in [3.05, 3.63) is 89.1 Å². The summed E-state index contributed by atoms with van der Waals surface area (Å²) in [6.07, 6.45) is 2.42. The molecule has 0 radical (unpaired) electrons. The highest BCUT2D eigenvalue weighted by molar-refractivity contribution is 6.05. The molecule has 0 aliphatic carbocycles. The molecule has 1 amide bonds. The van der Waals surface area contributed by atoms with Gasteiger partial charge in [0.05, 0.1) is 5.92 Å². The first-order chi connectivity index (χ1) is 16.4. The van der Waals surface area contributed by atoms with Crippen molar-refractivity contribution in [2.24, 2.45) is 4.99 Å². The molecule has 0 aliphatic rings. The normalized spacial score (nSPS) is 12.5. The summed E-state index contributed by atoms with van der Waals surface area (Å²) in [7, 11) is 0. The van der Waals surface area contributed by atoms with Gasteiger partial charge in [0.2, 0.25) is 17.8 Å². The molecule has 0 aliphatic heterocycles. The Balaban J connectivity index is 1.53. The largest absolute Gasteiger partial charge is 0.361 e. The number of carbonyl (C=O) groups excluding carboxylic acids is 1. The van der Waals surface area contributed by atoms with Crippen molar-refractivity contribution < 1.29 is 9.18 Å². The predicted octanol–water partition coefficient (Wildman–Crippen LogP) is 4.64. The Bertz CT molecular complexity index is 1310. The first-order valence-electron chi connectivity index (χ1n) is 11.1. The summed E-state index contributed by atoms with van der Waals surface area (Å²) < 4.78 is 13.7. The van der Waals surface area contributed by atoms with Crippen molar-refractivity contribution in [1.29, 1.82) is 0 Å². The smallest absolute Gasteiger partial charge is 0.233 e. The Morgan fingerprint density at radius 1 is 1.09 bits per heavy atom. The van der Waals surface area contributed by atoms with Gasteiger partial charge in [0, 0.05) is 35.0 Å². The van der Waals surface area contributed by atoms with Gasteiger partial charge < -0.3 is 4.98 Å². The summed E-state index contributed by atoms with van der Waals surface area (Å²) in [6, 6.07) is 16.1. The van der Waals surface area contributed by atoms with Gasteiger partial charge >= 0.3 is 0 Å². The fraction of sp³-hybridized carbons (Fsp3) is 0.231. The van der Waals surface area contributed by atoms with Crippen LogP contribution in [0.2, 0.25) is 0 Å². The number of nitrogens with zero attached hydrogens (tertiary/aromatic N) is 3. The van der Waals surface area contributed by atoms with E-state index in [-0.39, 0.29) is 23.6 Å². The number of nitrogens with one attached hydrogen (secondary N) is 3. The van der Waals surface area contributed by atoms with E-state index in [1.54, 1.807) is 6.07 Å². The Morgan fingerprint density at radius 3 is 2.56 bits per heavy atom. The number of guanidine groups is 1. The zero-order valence-electron chi connectivity index (χ0n) is 19.4. The average molecular weight is 459 g/mol. The molecule has 0 bridgehead atoms. The van der Waals surface area contributed by atoms with Gasteiger partial charge in [-0.3, -0.25) is 20.4 Å². The van der Waals surface area contributed by atoms with E-state index >= 15 is 0 Å². The molecule has 4 rings (SSSR count). The van der Waals surface area contributed by atoms with E-state index in [4.69, 9.17) is 0 Å². The number of amides is 1. The van der Waals surface area contributed by atoms with Gasteiger partial charge in [-0.05, 0) is 62.6 Å². The number of fused-ring (bicyclic) bond motifs is 1. The van der Waals surface area contributed by atoms with Gasteiger partial charge in [0.1, 0.15) is 5.82 Å². The lowest BCUT2D eigenvalue weighted by molar-refractivity contribution is -0.120. The fourth-order valence-electron chi connectivity index (χ4n) is 3.76. The molecule has 2 aromatic heterocycles. The quantitative estimate of drug-likeness (QED) is 0.290. The lowest BCUT2D eigenvalue weighted by Gasteiger charge is -2.15. The van der Waals surface area contributed by atoms with Crippen LogP contribution in [-0.2, 0) is 11.2 Å². The number of H-pyrrole nitrogens is 1. The van der Waals surface area contributed by atoms with Crippen LogP contribution in [0.15, 0.2) is 65.8 Å². The first kappa shape index (κ1) is 23.1. The minimum absolute atomic E-state index is 0.198. The van der Waals surface area contributed by atoms with E-state index in [9.17, 15) is 9.18 Å². The van der Waals surface area contributed by atoms with Crippen molar-refractivity contribution in [2.75, 3.05) is 11.9 Å². The topological polar surface area (TPSA) is 95.1 Å². The van der Waals surface area contributed by atoms with E-state index in [2.05, 4.69) is 30.6 Å². The van der Waals surface area contributed by atoms with Crippen LogP contribution in [0.3, 0.4) is 0 Å². The van der Waals surface area contributed by atoms with Crippen molar-refractivity contribution in [3.8, 4) is 0 Å². The number of aromatic nitrogens is 3. The fourth-order valence-corrected chi connectivity index (χ4v) is 3.76. The third kappa shape index (κ3) is 5.64. The van der Waals surface area contributed by atoms with Crippen LogP contribution in [0.1, 0.15) is 35.4 Å². The highest BCUT2D eigenvalue weighted by atomic mass is 19.1. The average Bonchev–Trinajstić information content (AvgIpc) is 3.20. The van der Waals surface area contributed by atoms with Crippen LogP contribution in [0.5, 0.6) is 0 Å². The molecular formula is C26H27FN6O. The Labute approximate surface area is 197 Å². The molecule has 4 aromatic rings. The molecule has 7 nitrogen and oxygen atoms in total. The summed E-state index contributed by atoms with van der Waals surface area (Å²) in [5.74, 6) is -0.226. The molecule has 1 atom stereocenters. The molecule has 0 unspecified atom stereocenters. The number of aryl methyl sites for hydroxylation is 2. The second kappa shape index (κ2) is 10.2. The minimum atomic E-state index is -0.370. The maximum Gasteiger partial charge on any atom is 0.233 e. The van der Waals surface area contributed by atoms with Gasteiger partial charge in [0.25, 0.3) is 0 Å². The van der Waals surface area contributed by atoms with Gasteiger partial charge in [-0.15, -0.1) is 0 Å². The molecule has 0 fully saturated rings. The molecule has 2 aromatic carbocycles. The molecule has 0 spiro atoms. The number of aromatic amines is 1. The third-order valence-electron chi connectivity index (χ3n) is 5.53. The van der Waals surface area contributed by atoms with Crippen molar-refractivity contribution in [3.63, 3.8) is 0 Å². The summed E-state index contributed by atoms with van der Waals surface area (Å²) >= 11 is 0. The maximum atomic E-state index is 13.7. The minimum Gasteiger partial charge on any atom is -0.361 e. The Kier molecular flexibility index (Phi) is 6.96. The van der Waals surface area contributed by atoms with Crippen LogP contribution < -0.4 is 10.6 Å². The van der Waals surface area contributed by atoms with E-state index in [1.807, 2.05) is 63.4 Å². The lowest BCUT2D eigenvalue weighted by atomic mass is 10.0. The van der Waals surface area contributed by atoms with Crippen LogP contribution in [0.25, 0.3) is 10.9 Å². The predicted molar refractivity (Wildman–Crippen MR) is 132 cm³/mol. The van der Waals surface area contributed by atoms with Gasteiger partial charge in [-0.25, -0.2) is 14.4 Å². The number of aliphatic imine (C=N–C) groups is 1. The third-order valence-corrected chi connectivity index (χ3v) is 5.53. The highest BCUT2D eigenvalue weighted by Gasteiger charge is 2.17. The van der Waals surface area contributed by atoms with E-state index in [1.165, 1.54) is 12.1 Å². The lowest BCUT2D eigenvalue weighted by Crippen LogP contribution is -2.39. The van der Waals surface area contributed by atoms with Gasteiger partial charge in [-0.2, -0.15) is 0 Å². The summed E-state index contributed by atoms with van der Waals surface area (Å²) in [6.45, 7) is 5.97. The number of hydrogen-bond acceptors (Lipinski definition) is 4. The summed E-state index contributed by atoms with van der Waals surface area (Å²) in [5, 5.41) is 6.76. The Hall–Kier alpha value is -4.07. The molecule has 34 heavy (non-hydrogen) atoms. The van der Waals surface area contributed by atoms with Crippen LogP contribution in [0.4, 0.5) is 10.3 Å². The van der Waals surface area contributed by atoms with Crippen LogP contribution in [-0.4, -0.2) is 33.4 Å². The zero-order chi connectivity index (χ0) is 24.1. The Morgan fingerprint density at radius 2 is 1.82 bits per heavy atom. The van der Waals surface area contributed by atoms with Crippen LogP contribution in [0, 0.1) is 19.7 Å². The monoisotopic (exact) mass is 458 g/mol. The molecule has 0 saturated heterocycles. The standard InChI is InChI=1S/C26H27FN6O/c1-16-13-17(2)31-26(30-16)33-25(32-24(34)18(3)19-7-5-4-6-8-19)28-12-11-20-15-29-23-10-9-21(27)14-22(20)23/h4-10,13-15,18,29H,11-12H2,1-3H3,(H2,28,30,31,32,33,34)/t18-/m1/s1. The summed E-state index contributed by atoms with van der Waals surface area (Å²) in [4.78, 5) is 29.5. The molecule has 2 heterocycles. The molecule has 0 saturated carbocycles. The number of rotatable bonds is 6. The second-order valence-corrected chi connectivity index (χ2v) is 8.21. The second-order valence-electron chi connectivity index (χ2n) is 8.21. The highest BCUT2D eigenvalue weighted by Crippen LogP contribution is 2.20. The van der Waals surface area contributed by atoms with Gasteiger partial charge in [-0.1, -0.05) is 30.3 Å².